The van der Waals surface area contributed by atoms with Crippen molar-refractivity contribution in [3.63, 3.8) is 0 Å². The van der Waals surface area contributed by atoms with Crippen LogP contribution in [0.4, 0.5) is 0 Å². The molecule has 0 fully saturated rings. The van der Waals surface area contributed by atoms with Crippen molar-refractivity contribution in [3.05, 3.63) is 10.4 Å². The van der Waals surface area contributed by atoms with Gasteiger partial charge in [0.05, 0.1) is 12.1 Å². The van der Waals surface area contributed by atoms with Crippen molar-refractivity contribution in [2.45, 2.75) is 6.92 Å². The minimum absolute atomic E-state index is 0.159. The summed E-state index contributed by atoms with van der Waals surface area (Å²) in [5.41, 5.74) is 1.45. The molecule has 11 heavy (non-hydrogen) atoms. The van der Waals surface area contributed by atoms with Gasteiger partial charge in [-0.05, 0) is 6.92 Å². The molecule has 1 aromatic rings. The first kappa shape index (κ1) is 8.00. The summed E-state index contributed by atoms with van der Waals surface area (Å²) in [6.45, 7) is 2.22. The highest BCUT2D eigenvalue weighted by atomic mass is 32.1. The average Bonchev–Trinajstić information content (AvgIpc) is 2.36. The van der Waals surface area contributed by atoms with E-state index in [1.807, 2.05) is 0 Å². The van der Waals surface area contributed by atoms with Gasteiger partial charge in [0.15, 0.2) is 4.88 Å². The van der Waals surface area contributed by atoms with Crippen molar-refractivity contribution in [3.8, 4) is 5.88 Å². The number of carboxylic acid groups (broad SMARTS) is 1. The van der Waals surface area contributed by atoms with E-state index in [1.54, 1.807) is 6.92 Å². The van der Waals surface area contributed by atoms with Gasteiger partial charge in [0.1, 0.15) is 0 Å². The molecule has 1 aromatic heterocycles. The lowest BCUT2D eigenvalue weighted by molar-refractivity contribution is 0.0697. The fourth-order valence-electron chi connectivity index (χ4n) is 0.617. The van der Waals surface area contributed by atoms with E-state index < -0.39 is 5.97 Å². The molecule has 1 rings (SSSR count). The molecule has 0 saturated carbocycles. The Morgan fingerprint density at radius 2 is 2.64 bits per heavy atom. The lowest BCUT2D eigenvalue weighted by Crippen LogP contribution is -1.99. The van der Waals surface area contributed by atoms with Crippen molar-refractivity contribution in [2.24, 2.45) is 0 Å². The Morgan fingerprint density at radius 1 is 1.91 bits per heavy atom. The number of rotatable bonds is 3. The zero-order valence-electron chi connectivity index (χ0n) is 5.90. The Hall–Kier alpha value is -1.10. The second kappa shape index (κ2) is 3.34. The topological polar surface area (TPSA) is 59.4 Å². The first-order valence-electron chi connectivity index (χ1n) is 3.05. The highest BCUT2D eigenvalue weighted by molar-refractivity contribution is 7.12. The number of nitrogens with zero attached hydrogens (tertiary/aromatic N) is 1. The summed E-state index contributed by atoms with van der Waals surface area (Å²) < 4.78 is 4.96. The molecule has 0 amide bonds. The molecule has 0 unspecified atom stereocenters. The van der Waals surface area contributed by atoms with E-state index in [4.69, 9.17) is 9.84 Å². The summed E-state index contributed by atoms with van der Waals surface area (Å²) in [4.78, 5) is 14.3. The van der Waals surface area contributed by atoms with Gasteiger partial charge in [0, 0.05) is 0 Å². The maximum atomic E-state index is 10.4. The number of hydrogen-bond acceptors (Lipinski definition) is 4. The predicted molar refractivity (Wildman–Crippen MR) is 40.2 cm³/mol. The van der Waals surface area contributed by atoms with Crippen molar-refractivity contribution in [1.29, 1.82) is 0 Å². The van der Waals surface area contributed by atoms with Gasteiger partial charge in [-0.25, -0.2) is 9.78 Å². The summed E-state index contributed by atoms with van der Waals surface area (Å²) in [7, 11) is 0. The minimum Gasteiger partial charge on any atom is -0.477 e. The number of aromatic nitrogens is 1. The zero-order chi connectivity index (χ0) is 8.27. The maximum Gasteiger partial charge on any atom is 0.351 e. The third-order valence-corrected chi connectivity index (χ3v) is 1.81. The van der Waals surface area contributed by atoms with E-state index in [0.29, 0.717) is 6.61 Å². The molecular weight excluding hydrogens is 166 g/mol. The SMILES string of the molecule is CCOc1ncsc1C(=O)O. The Balaban J connectivity index is 2.87. The van der Waals surface area contributed by atoms with Crippen molar-refractivity contribution in [2.75, 3.05) is 6.61 Å². The van der Waals surface area contributed by atoms with Crippen LogP contribution in [0.25, 0.3) is 0 Å². The standard InChI is InChI=1S/C6H7NO3S/c1-2-10-5-4(6(8)9)11-3-7-5/h3H,2H2,1H3,(H,8,9). The van der Waals surface area contributed by atoms with Gasteiger partial charge in [-0.1, -0.05) is 0 Å². The molecule has 0 aromatic carbocycles. The molecule has 0 aliphatic heterocycles. The van der Waals surface area contributed by atoms with Crippen LogP contribution in [-0.4, -0.2) is 22.7 Å². The number of thiazole rings is 1. The summed E-state index contributed by atoms with van der Waals surface area (Å²) in [6, 6.07) is 0. The molecular formula is C6H7NO3S. The van der Waals surface area contributed by atoms with Gasteiger partial charge >= 0.3 is 5.97 Å². The second-order valence-electron chi connectivity index (χ2n) is 1.72. The largest absolute Gasteiger partial charge is 0.477 e. The van der Waals surface area contributed by atoms with E-state index in [-0.39, 0.29) is 10.8 Å². The number of hydrogen-bond donors (Lipinski definition) is 1. The molecule has 0 aliphatic rings. The monoisotopic (exact) mass is 173 g/mol. The van der Waals surface area contributed by atoms with Crippen LogP contribution in [0.3, 0.4) is 0 Å². The van der Waals surface area contributed by atoms with Crippen LogP contribution in [0.1, 0.15) is 16.6 Å². The Labute approximate surface area is 67.5 Å². The van der Waals surface area contributed by atoms with Crippen LogP contribution in [0.5, 0.6) is 5.88 Å². The van der Waals surface area contributed by atoms with Crippen LogP contribution in [0.15, 0.2) is 5.51 Å². The van der Waals surface area contributed by atoms with Crippen LogP contribution in [-0.2, 0) is 0 Å². The van der Waals surface area contributed by atoms with Gasteiger partial charge < -0.3 is 9.84 Å². The highest BCUT2D eigenvalue weighted by Crippen LogP contribution is 2.20. The smallest absolute Gasteiger partial charge is 0.351 e. The molecule has 5 heteroatoms. The van der Waals surface area contributed by atoms with E-state index in [2.05, 4.69) is 4.98 Å². The van der Waals surface area contributed by atoms with Crippen LogP contribution < -0.4 is 4.74 Å². The minimum atomic E-state index is -0.990. The normalized spacial score (nSPS) is 9.55. The molecule has 1 N–H and O–H groups in total. The highest BCUT2D eigenvalue weighted by Gasteiger charge is 2.13. The number of carbonyl (C=O) groups is 1. The summed E-state index contributed by atoms with van der Waals surface area (Å²) in [5.74, 6) is -0.777. The lowest BCUT2D eigenvalue weighted by atomic mass is 10.5. The molecule has 60 valence electrons. The first-order valence-corrected chi connectivity index (χ1v) is 3.93. The van der Waals surface area contributed by atoms with Crippen molar-refractivity contribution < 1.29 is 14.6 Å². The first-order chi connectivity index (χ1) is 5.25. The van der Waals surface area contributed by atoms with E-state index >= 15 is 0 Å². The molecule has 0 aliphatic carbocycles. The number of aromatic carboxylic acids is 1. The Morgan fingerprint density at radius 3 is 3.18 bits per heavy atom. The van der Waals surface area contributed by atoms with E-state index in [9.17, 15) is 4.79 Å². The lowest BCUT2D eigenvalue weighted by Gasteiger charge is -1.97. The third kappa shape index (κ3) is 1.68. The van der Waals surface area contributed by atoms with Crippen LogP contribution in [0, 0.1) is 0 Å². The quantitative estimate of drug-likeness (QED) is 0.747. The summed E-state index contributed by atoms with van der Waals surface area (Å²) in [5, 5.41) is 8.57. The summed E-state index contributed by atoms with van der Waals surface area (Å²) in [6.07, 6.45) is 0. The zero-order valence-corrected chi connectivity index (χ0v) is 6.72. The van der Waals surface area contributed by atoms with Gasteiger partial charge in [-0.2, -0.15) is 0 Å². The summed E-state index contributed by atoms with van der Waals surface area (Å²) >= 11 is 1.06. The molecule has 0 atom stereocenters. The van der Waals surface area contributed by atoms with Gasteiger partial charge in [0.25, 0.3) is 0 Å². The van der Waals surface area contributed by atoms with Crippen molar-refractivity contribution in [1.82, 2.24) is 4.98 Å². The molecule has 0 saturated heterocycles. The molecule has 1 heterocycles. The second-order valence-corrected chi connectivity index (χ2v) is 2.58. The molecule has 0 bridgehead atoms. The number of carboxylic acids is 1. The third-order valence-electron chi connectivity index (χ3n) is 1.01. The predicted octanol–water partition coefficient (Wildman–Crippen LogP) is 1.24. The molecule has 0 spiro atoms. The van der Waals surface area contributed by atoms with Gasteiger partial charge in [0.2, 0.25) is 5.88 Å². The van der Waals surface area contributed by atoms with Crippen molar-refractivity contribution >= 4 is 17.3 Å². The molecule has 4 nitrogen and oxygen atoms in total. The Bertz CT molecular complexity index is 258. The Kier molecular flexibility index (Phi) is 2.43. The molecule has 0 radical (unpaired) electrons. The van der Waals surface area contributed by atoms with Gasteiger partial charge in [-0.3, -0.25) is 0 Å². The number of ether oxygens (including phenoxy) is 1. The van der Waals surface area contributed by atoms with Crippen LogP contribution in [0.2, 0.25) is 0 Å². The average molecular weight is 173 g/mol. The van der Waals surface area contributed by atoms with E-state index in [1.165, 1.54) is 5.51 Å². The van der Waals surface area contributed by atoms with Gasteiger partial charge in [-0.15, -0.1) is 11.3 Å². The maximum absolute atomic E-state index is 10.4. The van der Waals surface area contributed by atoms with E-state index in [0.717, 1.165) is 11.3 Å². The fourth-order valence-corrected chi connectivity index (χ4v) is 1.18. The fraction of sp³-hybridized carbons (Fsp3) is 0.333. The van der Waals surface area contributed by atoms with Crippen LogP contribution >= 0.6 is 11.3 Å².